The summed E-state index contributed by atoms with van der Waals surface area (Å²) in [6, 6.07) is 4.89. The minimum atomic E-state index is -4.45. The molecule has 1 aliphatic rings. The SMILES string of the molecule is NCC1Cc2c(F)ccc(-c3ccc(C(F)(F)F)cn3)c2O1. The van der Waals surface area contributed by atoms with E-state index in [0.717, 1.165) is 12.3 Å². The van der Waals surface area contributed by atoms with Crippen molar-refractivity contribution in [2.75, 3.05) is 6.54 Å². The molecule has 22 heavy (non-hydrogen) atoms. The van der Waals surface area contributed by atoms with Crippen molar-refractivity contribution in [2.24, 2.45) is 5.73 Å². The average Bonchev–Trinajstić information content (AvgIpc) is 2.92. The number of rotatable bonds is 2. The zero-order chi connectivity index (χ0) is 15.9. The quantitative estimate of drug-likeness (QED) is 0.867. The highest BCUT2D eigenvalue weighted by Crippen LogP contribution is 2.40. The van der Waals surface area contributed by atoms with Gasteiger partial charge in [-0.25, -0.2) is 4.39 Å². The normalized spacial score (nSPS) is 17.2. The van der Waals surface area contributed by atoms with Crippen LogP contribution in [0.25, 0.3) is 11.3 Å². The number of benzene rings is 1. The Bertz CT molecular complexity index is 698. The van der Waals surface area contributed by atoms with Crippen molar-refractivity contribution in [1.82, 2.24) is 4.98 Å². The minimum Gasteiger partial charge on any atom is -0.488 e. The summed E-state index contributed by atoms with van der Waals surface area (Å²) in [5.41, 5.74) is 5.83. The Morgan fingerprint density at radius 2 is 2.00 bits per heavy atom. The lowest BCUT2D eigenvalue weighted by molar-refractivity contribution is -0.137. The molecule has 1 aromatic carbocycles. The van der Waals surface area contributed by atoms with Gasteiger partial charge >= 0.3 is 6.18 Å². The highest BCUT2D eigenvalue weighted by Gasteiger charge is 2.32. The van der Waals surface area contributed by atoms with E-state index in [0.29, 0.717) is 29.0 Å². The minimum absolute atomic E-state index is 0.230. The van der Waals surface area contributed by atoms with Crippen LogP contribution in [0.1, 0.15) is 11.1 Å². The first-order valence-electron chi connectivity index (χ1n) is 6.62. The van der Waals surface area contributed by atoms with Gasteiger partial charge in [0, 0.05) is 30.3 Å². The lowest BCUT2D eigenvalue weighted by Gasteiger charge is -2.11. The molecule has 2 N–H and O–H groups in total. The van der Waals surface area contributed by atoms with Crippen LogP contribution >= 0.6 is 0 Å². The molecule has 1 unspecified atom stereocenters. The zero-order valence-electron chi connectivity index (χ0n) is 11.3. The number of ether oxygens (including phenoxy) is 1. The molecule has 2 heterocycles. The zero-order valence-corrected chi connectivity index (χ0v) is 11.3. The highest BCUT2D eigenvalue weighted by molar-refractivity contribution is 5.70. The van der Waals surface area contributed by atoms with E-state index in [-0.39, 0.29) is 12.6 Å². The van der Waals surface area contributed by atoms with Crippen molar-refractivity contribution in [3.05, 3.63) is 47.4 Å². The lowest BCUT2D eigenvalue weighted by Crippen LogP contribution is -2.24. The largest absolute Gasteiger partial charge is 0.488 e. The monoisotopic (exact) mass is 312 g/mol. The third-order valence-corrected chi connectivity index (χ3v) is 3.55. The van der Waals surface area contributed by atoms with E-state index in [4.69, 9.17) is 10.5 Å². The van der Waals surface area contributed by atoms with Gasteiger partial charge in [0.1, 0.15) is 17.7 Å². The van der Waals surface area contributed by atoms with Gasteiger partial charge in [0.2, 0.25) is 0 Å². The van der Waals surface area contributed by atoms with Gasteiger partial charge in [-0.2, -0.15) is 13.2 Å². The van der Waals surface area contributed by atoms with Crippen LogP contribution in [-0.4, -0.2) is 17.6 Å². The predicted octanol–water partition coefficient (Wildman–Crippen LogP) is 3.17. The Morgan fingerprint density at radius 1 is 1.23 bits per heavy atom. The summed E-state index contributed by atoms with van der Waals surface area (Å²) in [5, 5.41) is 0. The number of nitrogens with two attached hydrogens (primary N) is 1. The first-order valence-corrected chi connectivity index (χ1v) is 6.62. The van der Waals surface area contributed by atoms with E-state index < -0.39 is 17.6 Å². The summed E-state index contributed by atoms with van der Waals surface area (Å²) in [6.45, 7) is 0.230. The van der Waals surface area contributed by atoms with Crippen LogP contribution in [0.4, 0.5) is 17.6 Å². The maximum absolute atomic E-state index is 13.8. The number of fused-ring (bicyclic) bond motifs is 1. The van der Waals surface area contributed by atoms with Crippen LogP contribution in [0.2, 0.25) is 0 Å². The number of nitrogens with zero attached hydrogens (tertiary/aromatic N) is 1. The van der Waals surface area contributed by atoms with Gasteiger partial charge in [-0.1, -0.05) is 0 Å². The molecule has 0 saturated carbocycles. The molecule has 7 heteroatoms. The molecule has 1 aromatic heterocycles. The van der Waals surface area contributed by atoms with Gasteiger partial charge in [-0.3, -0.25) is 4.98 Å². The summed E-state index contributed by atoms with van der Waals surface area (Å²) < 4.78 is 57.1. The third-order valence-electron chi connectivity index (χ3n) is 3.55. The number of hydrogen-bond acceptors (Lipinski definition) is 3. The summed E-state index contributed by atoms with van der Waals surface area (Å²) >= 11 is 0. The molecule has 0 aliphatic carbocycles. The molecule has 0 amide bonds. The Hall–Kier alpha value is -2.15. The smallest absolute Gasteiger partial charge is 0.417 e. The topological polar surface area (TPSA) is 48.1 Å². The van der Waals surface area contributed by atoms with Gasteiger partial charge in [-0.05, 0) is 24.3 Å². The number of alkyl halides is 3. The number of hydrogen-bond donors (Lipinski definition) is 1. The van der Waals surface area contributed by atoms with Crippen LogP contribution in [0, 0.1) is 5.82 Å². The van der Waals surface area contributed by atoms with E-state index >= 15 is 0 Å². The molecule has 116 valence electrons. The van der Waals surface area contributed by atoms with Crippen molar-refractivity contribution in [2.45, 2.75) is 18.7 Å². The molecule has 0 saturated heterocycles. The summed E-state index contributed by atoms with van der Waals surface area (Å²) in [7, 11) is 0. The van der Waals surface area contributed by atoms with Crippen molar-refractivity contribution >= 4 is 0 Å². The molecule has 3 nitrogen and oxygen atoms in total. The van der Waals surface area contributed by atoms with E-state index in [2.05, 4.69) is 4.98 Å². The fourth-order valence-corrected chi connectivity index (χ4v) is 2.42. The van der Waals surface area contributed by atoms with Crippen LogP contribution < -0.4 is 10.5 Å². The second-order valence-corrected chi connectivity index (χ2v) is 5.01. The highest BCUT2D eigenvalue weighted by atomic mass is 19.4. The first kappa shape index (κ1) is 14.8. The maximum atomic E-state index is 13.8. The molecule has 0 fully saturated rings. The third kappa shape index (κ3) is 2.52. The van der Waals surface area contributed by atoms with Gasteiger partial charge < -0.3 is 10.5 Å². The molecule has 2 aromatic rings. The summed E-state index contributed by atoms with van der Waals surface area (Å²) in [4.78, 5) is 3.82. The number of pyridine rings is 1. The Morgan fingerprint density at radius 3 is 2.59 bits per heavy atom. The van der Waals surface area contributed by atoms with Crippen LogP contribution in [0.5, 0.6) is 5.75 Å². The molecule has 0 radical (unpaired) electrons. The number of aromatic nitrogens is 1. The van der Waals surface area contributed by atoms with Gasteiger partial charge in [0.15, 0.2) is 0 Å². The molecule has 0 bridgehead atoms. The van der Waals surface area contributed by atoms with Gasteiger partial charge in [0.05, 0.1) is 11.3 Å². The van der Waals surface area contributed by atoms with Crippen LogP contribution in [0.3, 0.4) is 0 Å². The molecule has 1 aliphatic heterocycles. The second kappa shape index (κ2) is 5.24. The lowest BCUT2D eigenvalue weighted by atomic mass is 10.0. The molecule has 0 spiro atoms. The summed E-state index contributed by atoms with van der Waals surface area (Å²) in [5.74, 6) is -0.107. The Kier molecular flexibility index (Phi) is 3.52. The first-order chi connectivity index (χ1) is 10.4. The van der Waals surface area contributed by atoms with E-state index in [1.54, 1.807) is 0 Å². The van der Waals surface area contributed by atoms with Crippen molar-refractivity contribution in [3.63, 3.8) is 0 Å². The molecular weight excluding hydrogens is 300 g/mol. The van der Waals surface area contributed by atoms with Crippen molar-refractivity contribution in [3.8, 4) is 17.0 Å². The standard InChI is InChI=1S/C15H12F4N2O/c16-12-3-2-10(14-11(12)5-9(6-20)22-14)13-4-1-8(7-21-13)15(17,18)19/h1-4,7,9H,5-6,20H2. The van der Waals surface area contributed by atoms with Crippen LogP contribution in [-0.2, 0) is 12.6 Å². The van der Waals surface area contributed by atoms with E-state index in [9.17, 15) is 17.6 Å². The summed E-state index contributed by atoms with van der Waals surface area (Å²) in [6.07, 6.45) is -3.69. The van der Waals surface area contributed by atoms with Crippen molar-refractivity contribution in [1.29, 1.82) is 0 Å². The van der Waals surface area contributed by atoms with E-state index in [1.807, 2.05) is 0 Å². The average molecular weight is 312 g/mol. The fourth-order valence-electron chi connectivity index (χ4n) is 2.42. The van der Waals surface area contributed by atoms with Gasteiger partial charge in [0.25, 0.3) is 0 Å². The maximum Gasteiger partial charge on any atom is 0.417 e. The molecule has 3 rings (SSSR count). The van der Waals surface area contributed by atoms with Gasteiger partial charge in [-0.15, -0.1) is 0 Å². The molecule has 1 atom stereocenters. The molecular formula is C15H12F4N2O. The van der Waals surface area contributed by atoms with Crippen LogP contribution in [0.15, 0.2) is 30.5 Å². The second-order valence-electron chi connectivity index (χ2n) is 5.01. The Labute approximate surface area is 123 Å². The van der Waals surface area contributed by atoms with Crippen molar-refractivity contribution < 1.29 is 22.3 Å². The number of halogens is 4. The Balaban J connectivity index is 2.02. The fraction of sp³-hybridized carbons (Fsp3) is 0.267. The predicted molar refractivity (Wildman–Crippen MR) is 71.8 cm³/mol. The van der Waals surface area contributed by atoms with E-state index in [1.165, 1.54) is 18.2 Å².